The molecule has 0 bridgehead atoms. The van der Waals surface area contributed by atoms with E-state index in [-0.39, 0.29) is 0 Å². The van der Waals surface area contributed by atoms with Crippen LogP contribution in [0.4, 0.5) is 0 Å². The number of nitrogens with zero attached hydrogens (tertiary/aromatic N) is 2. The fourth-order valence-electron chi connectivity index (χ4n) is 3.63. The maximum atomic E-state index is 10.6. The van der Waals surface area contributed by atoms with Gasteiger partial charge in [0.05, 0.1) is 0 Å². The van der Waals surface area contributed by atoms with Gasteiger partial charge in [-0.05, 0) is 35.7 Å². The van der Waals surface area contributed by atoms with E-state index >= 15 is 0 Å². The predicted octanol–water partition coefficient (Wildman–Crippen LogP) is 3.95. The highest BCUT2D eigenvalue weighted by Gasteiger charge is 2.17. The maximum absolute atomic E-state index is 10.6. The monoisotopic (exact) mass is 454 g/mol. The molecule has 6 nitrogen and oxygen atoms in total. The summed E-state index contributed by atoms with van der Waals surface area (Å²) >= 11 is 0. The molecule has 7 heteroatoms. The van der Waals surface area contributed by atoms with Crippen LogP contribution in [0.1, 0.15) is 16.7 Å². The Kier molecular flexibility index (Phi) is 8.41. The molecule has 1 aliphatic heterocycles. The molecule has 1 heterocycles. The van der Waals surface area contributed by atoms with Crippen LogP contribution in [0, 0.1) is 6.92 Å². The highest BCUT2D eigenvalue weighted by Crippen LogP contribution is 2.22. The van der Waals surface area contributed by atoms with Gasteiger partial charge in [-0.3, -0.25) is 14.4 Å². The lowest BCUT2D eigenvalue weighted by Gasteiger charge is -2.34. The number of rotatable bonds is 5. The molecule has 0 atom stereocenters. The first-order valence-electron chi connectivity index (χ1n) is 10.6. The van der Waals surface area contributed by atoms with Crippen LogP contribution in [0.2, 0.25) is 0 Å². The van der Waals surface area contributed by atoms with Crippen molar-refractivity contribution in [2.24, 2.45) is 0 Å². The molecule has 1 fully saturated rings. The quantitative estimate of drug-likeness (QED) is 0.568. The first-order valence-corrected chi connectivity index (χ1v) is 12.0. The molecule has 170 valence electrons. The Bertz CT molecular complexity index is 1030. The fourth-order valence-corrected chi connectivity index (χ4v) is 4.20. The molecule has 0 unspecified atom stereocenters. The van der Waals surface area contributed by atoms with E-state index in [1.165, 1.54) is 49.4 Å². The Balaban J connectivity index is 0.000000207. The molecule has 32 heavy (non-hydrogen) atoms. The smallest absolute Gasteiger partial charge is 0.298 e. The fraction of sp³-hybridized carbons (Fsp3) is 0.280. The number of phenolic OH excluding ortho intramolecular Hbond substituents is 1. The molecule has 3 aromatic rings. The largest absolute Gasteiger partial charge is 0.506 e. The summed E-state index contributed by atoms with van der Waals surface area (Å²) in [5.41, 5.74) is 3.56. The first-order chi connectivity index (χ1) is 15.3. The molecule has 0 amide bonds. The molecule has 3 aromatic carbocycles. The number of aryl methyl sites for hydroxylation is 1. The summed E-state index contributed by atoms with van der Waals surface area (Å²) in [6.07, 6.45) is 0. The van der Waals surface area contributed by atoms with Gasteiger partial charge in [-0.1, -0.05) is 66.7 Å². The molecule has 2 N–H and O–H groups in total. The van der Waals surface area contributed by atoms with Crippen LogP contribution in [0.25, 0.3) is 0 Å². The zero-order valence-electron chi connectivity index (χ0n) is 18.3. The molecule has 0 aliphatic carbocycles. The van der Waals surface area contributed by atoms with E-state index in [1.807, 2.05) is 0 Å². The van der Waals surface area contributed by atoms with Gasteiger partial charge < -0.3 is 5.11 Å². The van der Waals surface area contributed by atoms with Crippen molar-refractivity contribution in [3.63, 3.8) is 0 Å². The number of phenols is 1. The number of hydrogen-bond acceptors (Lipinski definition) is 5. The molecule has 0 aromatic heterocycles. The molecule has 0 radical (unpaired) electrons. The van der Waals surface area contributed by atoms with Crippen LogP contribution in [-0.2, 0) is 23.2 Å². The van der Waals surface area contributed by atoms with Gasteiger partial charge >= 0.3 is 0 Å². The lowest BCUT2D eigenvalue weighted by atomic mass is 10.1. The van der Waals surface area contributed by atoms with Crippen molar-refractivity contribution in [3.8, 4) is 5.75 Å². The van der Waals surface area contributed by atoms with Gasteiger partial charge in [0.2, 0.25) is 0 Å². The normalized spacial score (nSPS) is 15.1. The van der Waals surface area contributed by atoms with E-state index in [0.717, 1.165) is 24.7 Å². The molecule has 4 rings (SSSR count). The Hall–Kier alpha value is -2.71. The second-order valence-electron chi connectivity index (χ2n) is 7.97. The third-order valence-corrected chi connectivity index (χ3v) is 6.26. The van der Waals surface area contributed by atoms with Crippen LogP contribution >= 0.6 is 0 Å². The summed E-state index contributed by atoms with van der Waals surface area (Å²) < 4.78 is 29.7. The van der Waals surface area contributed by atoms with Crippen molar-refractivity contribution in [2.45, 2.75) is 24.9 Å². The van der Waals surface area contributed by atoms with Crippen molar-refractivity contribution in [2.75, 3.05) is 26.2 Å². The Morgan fingerprint density at radius 1 is 0.750 bits per heavy atom. The van der Waals surface area contributed by atoms with E-state index in [2.05, 4.69) is 70.5 Å². The summed E-state index contributed by atoms with van der Waals surface area (Å²) in [4.78, 5) is 4.64. The van der Waals surface area contributed by atoms with Crippen LogP contribution in [-0.4, -0.2) is 54.1 Å². The average Bonchev–Trinajstić information content (AvgIpc) is 2.76. The average molecular weight is 455 g/mol. The van der Waals surface area contributed by atoms with Crippen LogP contribution in [0.15, 0.2) is 83.8 Å². The number of hydrogen-bond donors (Lipinski definition) is 2. The van der Waals surface area contributed by atoms with Crippen molar-refractivity contribution >= 4 is 10.1 Å². The summed E-state index contributed by atoms with van der Waals surface area (Å²) in [5, 5.41) is 9.09. The minimum Gasteiger partial charge on any atom is -0.506 e. The third kappa shape index (κ3) is 7.46. The van der Waals surface area contributed by atoms with Gasteiger partial charge in [0.1, 0.15) is 10.6 Å². The highest BCUT2D eigenvalue weighted by molar-refractivity contribution is 7.86. The van der Waals surface area contributed by atoms with Crippen LogP contribution in [0.5, 0.6) is 5.75 Å². The van der Waals surface area contributed by atoms with Gasteiger partial charge in [-0.2, -0.15) is 8.42 Å². The minimum atomic E-state index is -4.30. The summed E-state index contributed by atoms with van der Waals surface area (Å²) in [5.74, 6) is -0.433. The number of benzene rings is 3. The summed E-state index contributed by atoms with van der Waals surface area (Å²) in [6.45, 7) is 8.54. The molecule has 1 aliphatic rings. The second kappa shape index (κ2) is 11.2. The van der Waals surface area contributed by atoms with Crippen molar-refractivity contribution in [1.82, 2.24) is 9.80 Å². The SMILES string of the molecule is Cc1ccc(S(=O)(=O)O)c(O)c1.c1ccc(CN2CCN(Cc3ccccc3)CC2)cc1. The van der Waals surface area contributed by atoms with E-state index in [4.69, 9.17) is 9.66 Å². The molecule has 0 spiro atoms. The third-order valence-electron chi connectivity index (χ3n) is 5.36. The van der Waals surface area contributed by atoms with Gasteiger partial charge in [-0.25, -0.2) is 0 Å². The Morgan fingerprint density at radius 3 is 1.56 bits per heavy atom. The standard InChI is InChI=1S/C18H22N2.C7H8O4S/c1-3-7-17(8-4-1)15-19-11-13-20(14-12-19)16-18-9-5-2-6-10-18;1-5-2-3-7(6(8)4-5)12(9,10)11/h1-10H,11-16H2;2-4,8H,1H3,(H,9,10,11). The predicted molar refractivity (Wildman–Crippen MR) is 126 cm³/mol. The summed E-state index contributed by atoms with van der Waals surface area (Å²) in [6, 6.07) is 25.5. The summed E-state index contributed by atoms with van der Waals surface area (Å²) in [7, 11) is -4.30. The van der Waals surface area contributed by atoms with E-state index in [0.29, 0.717) is 0 Å². The van der Waals surface area contributed by atoms with Crippen molar-refractivity contribution in [3.05, 3.63) is 95.6 Å². The van der Waals surface area contributed by atoms with Gasteiger partial charge in [0, 0.05) is 39.3 Å². The Labute approximate surface area is 190 Å². The molecule has 1 saturated heterocycles. The molecular formula is C25H30N2O4S. The number of aromatic hydroxyl groups is 1. The van der Waals surface area contributed by atoms with E-state index in [1.54, 1.807) is 6.92 Å². The van der Waals surface area contributed by atoms with Crippen LogP contribution < -0.4 is 0 Å². The van der Waals surface area contributed by atoms with Gasteiger partial charge in [0.25, 0.3) is 10.1 Å². The molecular weight excluding hydrogens is 424 g/mol. The number of piperazine rings is 1. The zero-order chi connectivity index (χ0) is 23.0. The van der Waals surface area contributed by atoms with Gasteiger partial charge in [-0.15, -0.1) is 0 Å². The Morgan fingerprint density at radius 2 is 1.19 bits per heavy atom. The van der Waals surface area contributed by atoms with Crippen molar-refractivity contribution in [1.29, 1.82) is 0 Å². The topological polar surface area (TPSA) is 81.1 Å². The first kappa shape index (κ1) is 23.9. The van der Waals surface area contributed by atoms with Crippen LogP contribution in [0.3, 0.4) is 0 Å². The van der Waals surface area contributed by atoms with E-state index in [9.17, 15) is 8.42 Å². The van der Waals surface area contributed by atoms with E-state index < -0.39 is 20.8 Å². The lowest BCUT2D eigenvalue weighted by Crippen LogP contribution is -2.45. The lowest BCUT2D eigenvalue weighted by molar-refractivity contribution is 0.122. The highest BCUT2D eigenvalue weighted by atomic mass is 32.2. The molecule has 0 saturated carbocycles. The minimum absolute atomic E-state index is 0.433. The zero-order valence-corrected chi connectivity index (χ0v) is 19.1. The maximum Gasteiger partial charge on any atom is 0.298 e. The van der Waals surface area contributed by atoms with Crippen molar-refractivity contribution < 1.29 is 18.1 Å². The second-order valence-corrected chi connectivity index (χ2v) is 9.36. The van der Waals surface area contributed by atoms with Gasteiger partial charge in [0.15, 0.2) is 0 Å².